The van der Waals surface area contributed by atoms with E-state index in [1.54, 1.807) is 0 Å². The van der Waals surface area contributed by atoms with Gasteiger partial charge in [-0.15, -0.1) is 0 Å². The Morgan fingerprint density at radius 1 is 1.21 bits per heavy atom. The van der Waals surface area contributed by atoms with Gasteiger partial charge in [-0.05, 0) is 52.7 Å². The van der Waals surface area contributed by atoms with E-state index in [-0.39, 0.29) is 0 Å². The molecule has 0 heterocycles. The Hall–Kier alpha value is -0.340. The fourth-order valence-corrected chi connectivity index (χ4v) is 3.48. The summed E-state index contributed by atoms with van der Waals surface area (Å²) >= 11 is 0. The van der Waals surface area contributed by atoms with E-state index in [1.807, 2.05) is 0 Å². The summed E-state index contributed by atoms with van der Waals surface area (Å²) in [5.41, 5.74) is 1.73. The Balaban J connectivity index is 2.85. The summed E-state index contributed by atoms with van der Waals surface area (Å²) in [6.45, 7) is 9.85. The second-order valence-electron chi connectivity index (χ2n) is 6.37. The van der Waals surface area contributed by atoms with Gasteiger partial charge in [0.25, 0.3) is 0 Å². The smallest absolute Gasteiger partial charge is 0.0359 e. The number of likely N-dealkylation sites (N-methyl/N-ethyl adjacent to an activating group) is 1. The third kappa shape index (κ3) is 4.32. The van der Waals surface area contributed by atoms with Gasteiger partial charge in [0.1, 0.15) is 0 Å². The average Bonchev–Trinajstić information content (AvgIpc) is 2.43. The van der Waals surface area contributed by atoms with Crippen LogP contribution in [0.2, 0.25) is 0 Å². The lowest BCUT2D eigenvalue weighted by molar-refractivity contribution is 0.0567. The quantitative estimate of drug-likeness (QED) is 0.669. The Labute approximate surface area is 120 Å². The summed E-state index contributed by atoms with van der Waals surface area (Å²) in [4.78, 5) is 2.49. The van der Waals surface area contributed by atoms with Crippen LogP contribution in [-0.4, -0.2) is 37.1 Å². The molecule has 1 fully saturated rings. The second kappa shape index (κ2) is 8.06. The Morgan fingerprint density at radius 2 is 1.84 bits per heavy atom. The summed E-state index contributed by atoms with van der Waals surface area (Å²) in [5, 5.41) is 3.82. The molecule has 0 aromatic carbocycles. The predicted molar refractivity (Wildman–Crippen MR) is 85.6 cm³/mol. The first-order valence-electron chi connectivity index (χ1n) is 8.14. The highest BCUT2D eigenvalue weighted by Gasteiger charge is 2.41. The Morgan fingerprint density at radius 3 is 2.32 bits per heavy atom. The van der Waals surface area contributed by atoms with Crippen LogP contribution in [0.3, 0.4) is 0 Å². The monoisotopic (exact) mass is 266 g/mol. The predicted octanol–water partition coefficient (Wildman–Crippen LogP) is 3.98. The van der Waals surface area contributed by atoms with Crippen molar-refractivity contribution >= 4 is 0 Å². The highest BCUT2D eigenvalue weighted by molar-refractivity contribution is 5.07. The number of nitrogens with one attached hydrogen (secondary N) is 1. The number of nitrogens with zero attached hydrogens (tertiary/aromatic N) is 1. The zero-order valence-corrected chi connectivity index (χ0v) is 13.6. The molecule has 0 aliphatic heterocycles. The molecule has 0 radical (unpaired) electrons. The molecule has 0 aromatic rings. The maximum Gasteiger partial charge on any atom is 0.0359 e. The number of hydrogen-bond acceptors (Lipinski definition) is 2. The molecule has 1 aliphatic carbocycles. The third-order valence-electron chi connectivity index (χ3n) is 4.89. The molecular weight excluding hydrogens is 232 g/mol. The van der Waals surface area contributed by atoms with Gasteiger partial charge in [-0.3, -0.25) is 0 Å². The first-order valence-corrected chi connectivity index (χ1v) is 8.14. The fourth-order valence-electron chi connectivity index (χ4n) is 3.48. The van der Waals surface area contributed by atoms with E-state index in [2.05, 4.69) is 44.7 Å². The third-order valence-corrected chi connectivity index (χ3v) is 4.89. The molecule has 1 N–H and O–H groups in total. The highest BCUT2D eigenvalue weighted by atomic mass is 15.2. The maximum absolute atomic E-state index is 4.25. The van der Waals surface area contributed by atoms with E-state index in [9.17, 15) is 0 Å². The van der Waals surface area contributed by atoms with Gasteiger partial charge in [0.05, 0.1) is 0 Å². The fraction of sp³-hybridized carbons (Fsp3) is 0.882. The SMILES string of the molecule is C=C(CC)CC(NCCC)C1(N(C)C)CCCCC1. The van der Waals surface area contributed by atoms with Gasteiger partial charge in [0.2, 0.25) is 0 Å². The molecule has 0 saturated heterocycles. The normalized spacial score (nSPS) is 20.5. The van der Waals surface area contributed by atoms with Gasteiger partial charge in [-0.1, -0.05) is 45.3 Å². The molecule has 0 spiro atoms. The molecule has 0 bridgehead atoms. The van der Waals surface area contributed by atoms with Crippen molar-refractivity contribution in [3.8, 4) is 0 Å². The number of hydrogen-bond donors (Lipinski definition) is 1. The van der Waals surface area contributed by atoms with Crippen molar-refractivity contribution in [3.63, 3.8) is 0 Å². The van der Waals surface area contributed by atoms with E-state index >= 15 is 0 Å². The van der Waals surface area contributed by atoms with Gasteiger partial charge in [-0.25, -0.2) is 0 Å². The van der Waals surface area contributed by atoms with Crippen LogP contribution in [0.5, 0.6) is 0 Å². The van der Waals surface area contributed by atoms with Crippen molar-refractivity contribution < 1.29 is 0 Å². The maximum atomic E-state index is 4.25. The highest BCUT2D eigenvalue weighted by Crippen LogP contribution is 2.37. The van der Waals surface area contributed by atoms with Gasteiger partial charge in [0, 0.05) is 11.6 Å². The van der Waals surface area contributed by atoms with Crippen molar-refractivity contribution in [1.82, 2.24) is 10.2 Å². The number of rotatable bonds is 8. The van der Waals surface area contributed by atoms with Gasteiger partial charge >= 0.3 is 0 Å². The van der Waals surface area contributed by atoms with Gasteiger partial charge in [-0.2, -0.15) is 0 Å². The minimum absolute atomic E-state index is 0.339. The van der Waals surface area contributed by atoms with Crippen LogP contribution in [-0.2, 0) is 0 Å². The van der Waals surface area contributed by atoms with E-state index in [0.29, 0.717) is 11.6 Å². The summed E-state index contributed by atoms with van der Waals surface area (Å²) < 4.78 is 0. The molecule has 1 aliphatic rings. The topological polar surface area (TPSA) is 15.3 Å². The molecule has 19 heavy (non-hydrogen) atoms. The van der Waals surface area contributed by atoms with Crippen LogP contribution in [0.15, 0.2) is 12.2 Å². The molecule has 1 saturated carbocycles. The van der Waals surface area contributed by atoms with Crippen LogP contribution in [0.25, 0.3) is 0 Å². The lowest BCUT2D eigenvalue weighted by atomic mass is 9.73. The van der Waals surface area contributed by atoms with Crippen molar-refractivity contribution in [2.24, 2.45) is 0 Å². The molecule has 0 aromatic heterocycles. The zero-order valence-electron chi connectivity index (χ0n) is 13.6. The van der Waals surface area contributed by atoms with Crippen LogP contribution in [0.4, 0.5) is 0 Å². The summed E-state index contributed by atoms with van der Waals surface area (Å²) in [6.07, 6.45) is 10.3. The minimum Gasteiger partial charge on any atom is -0.312 e. The minimum atomic E-state index is 0.339. The van der Waals surface area contributed by atoms with Crippen LogP contribution in [0, 0.1) is 0 Å². The molecule has 2 heteroatoms. The van der Waals surface area contributed by atoms with E-state index in [4.69, 9.17) is 0 Å². The first-order chi connectivity index (χ1) is 9.06. The Kier molecular flexibility index (Phi) is 7.09. The van der Waals surface area contributed by atoms with Crippen LogP contribution >= 0.6 is 0 Å². The van der Waals surface area contributed by atoms with Gasteiger partial charge < -0.3 is 10.2 Å². The van der Waals surface area contributed by atoms with Crippen molar-refractivity contribution in [3.05, 3.63) is 12.2 Å². The van der Waals surface area contributed by atoms with Gasteiger partial charge in [0.15, 0.2) is 0 Å². The molecule has 112 valence electrons. The summed E-state index contributed by atoms with van der Waals surface area (Å²) in [7, 11) is 4.53. The average molecular weight is 266 g/mol. The summed E-state index contributed by atoms with van der Waals surface area (Å²) in [6, 6.07) is 0.565. The first kappa shape index (κ1) is 16.7. The largest absolute Gasteiger partial charge is 0.312 e. The van der Waals surface area contributed by atoms with E-state index in [0.717, 1.165) is 19.4 Å². The molecule has 0 amide bonds. The van der Waals surface area contributed by atoms with E-state index < -0.39 is 0 Å². The summed E-state index contributed by atoms with van der Waals surface area (Å²) in [5.74, 6) is 0. The zero-order chi connectivity index (χ0) is 14.3. The lowest BCUT2D eigenvalue weighted by Gasteiger charge is -2.49. The second-order valence-corrected chi connectivity index (χ2v) is 6.37. The van der Waals surface area contributed by atoms with Crippen molar-refractivity contribution in [2.75, 3.05) is 20.6 Å². The molecular formula is C17H34N2. The van der Waals surface area contributed by atoms with Crippen LogP contribution < -0.4 is 5.32 Å². The standard InChI is InChI=1S/C17H34N2/c1-6-13-18-16(14-15(3)7-2)17(19(4)5)11-9-8-10-12-17/h16,18H,3,6-14H2,1-2,4-5H3. The van der Waals surface area contributed by atoms with E-state index in [1.165, 1.54) is 44.1 Å². The molecule has 1 atom stereocenters. The lowest BCUT2D eigenvalue weighted by Crippen LogP contribution is -2.60. The van der Waals surface area contributed by atoms with Crippen molar-refractivity contribution in [1.29, 1.82) is 0 Å². The molecule has 1 rings (SSSR count). The molecule has 2 nitrogen and oxygen atoms in total. The van der Waals surface area contributed by atoms with Crippen molar-refractivity contribution in [2.45, 2.75) is 76.8 Å². The van der Waals surface area contributed by atoms with Crippen LogP contribution in [0.1, 0.15) is 65.2 Å². The Bertz CT molecular complexity index is 264. The molecule has 1 unspecified atom stereocenters.